The molecule has 0 aliphatic rings. The van der Waals surface area contributed by atoms with E-state index < -0.39 is 0 Å². The Bertz CT molecular complexity index is 606. The lowest BCUT2D eigenvalue weighted by Gasteiger charge is -2.17. The van der Waals surface area contributed by atoms with Crippen LogP contribution in [0.4, 0.5) is 10.1 Å². The van der Waals surface area contributed by atoms with Crippen molar-refractivity contribution < 1.29 is 4.39 Å². The summed E-state index contributed by atoms with van der Waals surface area (Å²) in [5, 5.41) is 3.39. The molecule has 1 aromatic carbocycles. The number of aryl methyl sites for hydroxylation is 3. The van der Waals surface area contributed by atoms with Crippen molar-refractivity contribution in [3.05, 3.63) is 49.4 Å². The van der Waals surface area contributed by atoms with Gasteiger partial charge in [0.2, 0.25) is 0 Å². The number of thiophene rings is 1. The summed E-state index contributed by atoms with van der Waals surface area (Å²) >= 11 is 5.00. The van der Waals surface area contributed by atoms with Gasteiger partial charge in [-0.25, -0.2) is 4.39 Å². The number of halogens is 2. The van der Waals surface area contributed by atoms with Gasteiger partial charge in [0.1, 0.15) is 5.82 Å². The van der Waals surface area contributed by atoms with Crippen LogP contribution in [0.3, 0.4) is 0 Å². The monoisotopic (exact) mass is 341 g/mol. The quantitative estimate of drug-likeness (QED) is 0.749. The fourth-order valence-corrected chi connectivity index (χ4v) is 3.67. The first kappa shape index (κ1) is 14.5. The standard InChI is InChI=1S/C15H17BrFNS/c1-8-5-13(16)14(17)7-15(8)18-10(3)12-6-9(2)19-11(12)4/h5-7,10,18H,1-4H3. The van der Waals surface area contributed by atoms with Gasteiger partial charge >= 0.3 is 0 Å². The summed E-state index contributed by atoms with van der Waals surface area (Å²) in [6.45, 7) is 8.32. The molecule has 1 unspecified atom stereocenters. The molecule has 4 heteroatoms. The molecule has 0 fully saturated rings. The van der Waals surface area contributed by atoms with E-state index in [0.717, 1.165) is 11.3 Å². The molecule has 0 bridgehead atoms. The molecule has 1 heterocycles. The first-order valence-electron chi connectivity index (χ1n) is 6.17. The summed E-state index contributed by atoms with van der Waals surface area (Å²) in [5.74, 6) is -0.237. The zero-order chi connectivity index (χ0) is 14.2. The molecule has 1 N–H and O–H groups in total. The second kappa shape index (κ2) is 5.63. The summed E-state index contributed by atoms with van der Waals surface area (Å²) in [6, 6.07) is 5.72. The molecule has 19 heavy (non-hydrogen) atoms. The number of hydrogen-bond acceptors (Lipinski definition) is 2. The van der Waals surface area contributed by atoms with Gasteiger partial charge in [-0.05, 0) is 73.0 Å². The molecule has 1 nitrogen and oxygen atoms in total. The van der Waals surface area contributed by atoms with Crippen LogP contribution in [-0.2, 0) is 0 Å². The van der Waals surface area contributed by atoms with Crippen LogP contribution >= 0.6 is 27.3 Å². The van der Waals surface area contributed by atoms with Gasteiger partial charge in [-0.3, -0.25) is 0 Å². The molecule has 0 aliphatic carbocycles. The second-order valence-corrected chi connectivity index (χ2v) is 7.13. The topological polar surface area (TPSA) is 12.0 Å². The summed E-state index contributed by atoms with van der Waals surface area (Å²) in [6.07, 6.45) is 0. The van der Waals surface area contributed by atoms with Crippen molar-refractivity contribution in [1.82, 2.24) is 0 Å². The van der Waals surface area contributed by atoms with Crippen LogP contribution in [0.5, 0.6) is 0 Å². The third kappa shape index (κ3) is 3.18. The highest BCUT2D eigenvalue weighted by atomic mass is 79.9. The average molecular weight is 342 g/mol. The van der Waals surface area contributed by atoms with E-state index in [4.69, 9.17) is 0 Å². The first-order valence-corrected chi connectivity index (χ1v) is 7.78. The predicted octanol–water partition coefficient (Wildman–Crippen LogP) is 5.75. The lowest BCUT2D eigenvalue weighted by molar-refractivity contribution is 0.620. The van der Waals surface area contributed by atoms with Gasteiger partial charge in [-0.15, -0.1) is 11.3 Å². The highest BCUT2D eigenvalue weighted by molar-refractivity contribution is 9.10. The van der Waals surface area contributed by atoms with E-state index in [1.165, 1.54) is 15.3 Å². The molecule has 2 aromatic rings. The lowest BCUT2D eigenvalue weighted by Crippen LogP contribution is -2.08. The molecule has 1 aromatic heterocycles. The molecule has 102 valence electrons. The number of anilines is 1. The maximum absolute atomic E-state index is 13.6. The minimum absolute atomic E-state index is 0.171. The summed E-state index contributed by atoms with van der Waals surface area (Å²) in [7, 11) is 0. The molecular weight excluding hydrogens is 325 g/mol. The smallest absolute Gasteiger partial charge is 0.139 e. The molecule has 0 saturated carbocycles. The van der Waals surface area contributed by atoms with E-state index in [1.807, 2.05) is 6.92 Å². The minimum atomic E-state index is -0.237. The molecule has 2 rings (SSSR count). The predicted molar refractivity (Wildman–Crippen MR) is 84.7 cm³/mol. The van der Waals surface area contributed by atoms with Crippen molar-refractivity contribution in [3.63, 3.8) is 0 Å². The number of nitrogens with one attached hydrogen (secondary N) is 1. The Morgan fingerprint density at radius 1 is 1.21 bits per heavy atom. The summed E-state index contributed by atoms with van der Waals surface area (Å²) in [4.78, 5) is 2.62. The number of rotatable bonds is 3. The third-order valence-corrected chi connectivity index (χ3v) is 4.77. The van der Waals surface area contributed by atoms with E-state index in [0.29, 0.717) is 4.47 Å². The Labute approximate surface area is 126 Å². The van der Waals surface area contributed by atoms with E-state index in [1.54, 1.807) is 23.5 Å². The molecule has 0 amide bonds. The normalized spacial score (nSPS) is 12.5. The van der Waals surface area contributed by atoms with Crippen molar-refractivity contribution >= 4 is 33.0 Å². The summed E-state index contributed by atoms with van der Waals surface area (Å²) < 4.78 is 14.1. The van der Waals surface area contributed by atoms with Gasteiger partial charge in [-0.1, -0.05) is 0 Å². The minimum Gasteiger partial charge on any atom is -0.378 e. The number of benzene rings is 1. The van der Waals surface area contributed by atoms with Crippen LogP contribution in [0.2, 0.25) is 0 Å². The van der Waals surface area contributed by atoms with Crippen molar-refractivity contribution in [2.45, 2.75) is 33.7 Å². The van der Waals surface area contributed by atoms with E-state index >= 15 is 0 Å². The molecule has 0 radical (unpaired) electrons. The van der Waals surface area contributed by atoms with Crippen molar-refractivity contribution in [3.8, 4) is 0 Å². The van der Waals surface area contributed by atoms with Crippen molar-refractivity contribution in [1.29, 1.82) is 0 Å². The molecule has 0 saturated heterocycles. The summed E-state index contributed by atoms with van der Waals surface area (Å²) in [5.41, 5.74) is 3.16. The van der Waals surface area contributed by atoms with Crippen LogP contribution in [0, 0.1) is 26.6 Å². The lowest BCUT2D eigenvalue weighted by atomic mass is 10.1. The van der Waals surface area contributed by atoms with Crippen LogP contribution in [-0.4, -0.2) is 0 Å². The van der Waals surface area contributed by atoms with Crippen LogP contribution in [0.1, 0.15) is 33.8 Å². The zero-order valence-corrected chi connectivity index (χ0v) is 13.9. The van der Waals surface area contributed by atoms with Gasteiger partial charge in [-0.2, -0.15) is 0 Å². The fourth-order valence-electron chi connectivity index (χ4n) is 2.19. The van der Waals surface area contributed by atoms with Gasteiger partial charge in [0.25, 0.3) is 0 Å². The van der Waals surface area contributed by atoms with Gasteiger partial charge in [0.15, 0.2) is 0 Å². The van der Waals surface area contributed by atoms with Crippen molar-refractivity contribution in [2.75, 3.05) is 5.32 Å². The fraction of sp³-hybridized carbons (Fsp3) is 0.333. The van der Waals surface area contributed by atoms with Crippen LogP contribution in [0.25, 0.3) is 0 Å². The van der Waals surface area contributed by atoms with Crippen LogP contribution in [0.15, 0.2) is 22.7 Å². The van der Waals surface area contributed by atoms with E-state index in [2.05, 4.69) is 48.1 Å². The Balaban J connectivity index is 2.26. The Hall–Kier alpha value is -0.870. The Kier molecular flexibility index (Phi) is 4.31. The van der Waals surface area contributed by atoms with E-state index in [-0.39, 0.29) is 11.9 Å². The van der Waals surface area contributed by atoms with Gasteiger partial charge in [0.05, 0.1) is 4.47 Å². The highest BCUT2D eigenvalue weighted by Gasteiger charge is 2.13. The second-order valence-electron chi connectivity index (χ2n) is 4.82. The molecule has 0 spiro atoms. The third-order valence-electron chi connectivity index (χ3n) is 3.19. The largest absolute Gasteiger partial charge is 0.378 e. The highest BCUT2D eigenvalue weighted by Crippen LogP contribution is 2.31. The molecule has 0 aliphatic heterocycles. The van der Waals surface area contributed by atoms with E-state index in [9.17, 15) is 4.39 Å². The Morgan fingerprint density at radius 3 is 2.47 bits per heavy atom. The Morgan fingerprint density at radius 2 is 1.89 bits per heavy atom. The maximum atomic E-state index is 13.6. The molecule has 1 atom stereocenters. The average Bonchev–Trinajstić information content (AvgIpc) is 2.65. The van der Waals surface area contributed by atoms with Gasteiger partial charge in [0, 0.05) is 21.5 Å². The van der Waals surface area contributed by atoms with Gasteiger partial charge < -0.3 is 5.32 Å². The maximum Gasteiger partial charge on any atom is 0.139 e. The molecular formula is C15H17BrFNS. The number of hydrogen-bond donors (Lipinski definition) is 1. The van der Waals surface area contributed by atoms with Crippen molar-refractivity contribution in [2.24, 2.45) is 0 Å². The first-order chi connectivity index (χ1) is 8.88. The SMILES string of the molecule is Cc1cc(C(C)Nc2cc(F)c(Br)cc2C)c(C)s1. The zero-order valence-electron chi connectivity index (χ0n) is 11.5. The van der Waals surface area contributed by atoms with Crippen LogP contribution < -0.4 is 5.32 Å².